The van der Waals surface area contributed by atoms with Crippen molar-refractivity contribution in [2.75, 3.05) is 19.5 Å². The van der Waals surface area contributed by atoms with Crippen LogP contribution in [0.2, 0.25) is 0 Å². The monoisotopic (exact) mass is 430 g/mol. The van der Waals surface area contributed by atoms with Crippen molar-refractivity contribution in [1.82, 2.24) is 10.2 Å². The third kappa shape index (κ3) is 4.48. The topological polar surface area (TPSA) is 177 Å². The van der Waals surface area contributed by atoms with E-state index in [1.165, 1.54) is 31.2 Å². The zero-order chi connectivity index (χ0) is 21.1. The number of fused-ring (bicyclic) bond motifs is 1. The number of oxime groups is 1. The van der Waals surface area contributed by atoms with Crippen molar-refractivity contribution >= 4 is 41.4 Å². The summed E-state index contributed by atoms with van der Waals surface area (Å²) in [5.74, 6) is -2.74. The summed E-state index contributed by atoms with van der Waals surface area (Å²) >= 11 is 1.18. The van der Waals surface area contributed by atoms with Gasteiger partial charge in [0.25, 0.3) is 11.8 Å². The van der Waals surface area contributed by atoms with Gasteiger partial charge in [-0.15, -0.1) is 11.8 Å². The first-order chi connectivity index (χ1) is 13.8. The van der Waals surface area contributed by atoms with Crippen LogP contribution in [0.4, 0.5) is 4.79 Å². The van der Waals surface area contributed by atoms with Crippen LogP contribution < -0.4 is 35.0 Å². The van der Waals surface area contributed by atoms with Gasteiger partial charge in [0.2, 0.25) is 5.71 Å². The minimum absolute atomic E-state index is 0. The van der Waals surface area contributed by atoms with Gasteiger partial charge in [0.05, 0.1) is 17.9 Å². The third-order valence-electron chi connectivity index (χ3n) is 4.07. The van der Waals surface area contributed by atoms with Gasteiger partial charge in [0.1, 0.15) is 25.1 Å². The molecule has 1 aromatic rings. The molecule has 30 heavy (non-hydrogen) atoms. The maximum Gasteiger partial charge on any atom is 1.00 e. The molecule has 1 aromatic heterocycles. The Hall–Kier alpha value is -2.88. The zero-order valence-electron chi connectivity index (χ0n) is 15.9. The van der Waals surface area contributed by atoms with E-state index >= 15 is 0 Å². The largest absolute Gasteiger partial charge is 1.00 e. The number of carboxylic acids is 1. The quantitative estimate of drug-likeness (QED) is 0.186. The fraction of sp³-hybridized carbons (Fsp3) is 0.312. The molecule has 3 N–H and O–H groups in total. The number of furan rings is 1. The number of nitrogens with zero attached hydrogens (tertiary/aromatic N) is 2. The average molecular weight is 430 g/mol. The van der Waals surface area contributed by atoms with Crippen molar-refractivity contribution in [3.63, 3.8) is 0 Å². The van der Waals surface area contributed by atoms with Crippen molar-refractivity contribution in [3.8, 4) is 0 Å². The maximum atomic E-state index is 12.5. The molecule has 3 rings (SSSR count). The molecule has 0 unspecified atom stereocenters. The van der Waals surface area contributed by atoms with Crippen molar-refractivity contribution in [1.29, 1.82) is 0 Å². The number of carbonyl (C=O) groups is 4. The first kappa shape index (κ1) is 23.4. The number of primary amides is 1. The number of hydrogen-bond acceptors (Lipinski definition) is 10. The second-order valence-electron chi connectivity index (χ2n) is 5.81. The molecular weight excluding hydrogens is 415 g/mol. The second kappa shape index (κ2) is 9.75. The molecule has 154 valence electrons. The summed E-state index contributed by atoms with van der Waals surface area (Å²) in [5, 5.41) is 17.0. The van der Waals surface area contributed by atoms with E-state index in [0.29, 0.717) is 0 Å². The summed E-state index contributed by atoms with van der Waals surface area (Å²) in [6.45, 7) is -0.387. The number of nitrogens with two attached hydrogens (primary N) is 1. The molecule has 0 aliphatic carbocycles. The van der Waals surface area contributed by atoms with E-state index < -0.39 is 41.0 Å². The van der Waals surface area contributed by atoms with Gasteiger partial charge in [0.15, 0.2) is 5.76 Å². The fourth-order valence-corrected chi connectivity index (χ4v) is 4.18. The molecule has 2 aliphatic heterocycles. The Morgan fingerprint density at radius 3 is 2.77 bits per heavy atom. The summed E-state index contributed by atoms with van der Waals surface area (Å²) < 4.78 is 9.75. The summed E-state index contributed by atoms with van der Waals surface area (Å²) in [6, 6.07) is 2.04. The van der Waals surface area contributed by atoms with E-state index in [-0.39, 0.29) is 48.3 Å². The van der Waals surface area contributed by atoms with Crippen molar-refractivity contribution in [2.45, 2.75) is 11.4 Å². The molecule has 0 aromatic carbocycles. The number of rotatable bonds is 7. The minimum atomic E-state index is -1.60. The Morgan fingerprint density at radius 1 is 1.47 bits per heavy atom. The number of β-lactam (4-membered cyclic amide) rings is 1. The molecule has 2 atom stereocenters. The maximum absolute atomic E-state index is 12.5. The van der Waals surface area contributed by atoms with Crippen LogP contribution in [-0.4, -0.2) is 65.4 Å². The van der Waals surface area contributed by atoms with Crippen LogP contribution in [0, 0.1) is 0 Å². The van der Waals surface area contributed by atoms with Gasteiger partial charge in [-0.1, -0.05) is 5.16 Å². The molecule has 0 radical (unpaired) electrons. The molecule has 2 aliphatic rings. The van der Waals surface area contributed by atoms with E-state index in [1.807, 2.05) is 0 Å². The zero-order valence-corrected chi connectivity index (χ0v) is 16.8. The number of amides is 3. The predicted molar refractivity (Wildman–Crippen MR) is 94.8 cm³/mol. The first-order valence-corrected chi connectivity index (χ1v) is 9.16. The summed E-state index contributed by atoms with van der Waals surface area (Å²) in [5.41, 5.74) is 4.48. The van der Waals surface area contributed by atoms with Crippen LogP contribution in [-0.2, 0) is 24.0 Å². The van der Waals surface area contributed by atoms with Crippen LogP contribution >= 0.6 is 11.8 Å². The third-order valence-corrected chi connectivity index (χ3v) is 5.41. The predicted octanol–water partition coefficient (Wildman–Crippen LogP) is -4.87. The van der Waals surface area contributed by atoms with Crippen LogP contribution in [0.5, 0.6) is 0 Å². The van der Waals surface area contributed by atoms with Crippen LogP contribution in [0.25, 0.3) is 0 Å². The standard InChI is InChI=1S/C16H16N4O8S.Li/c1-26-19-9(8-3-2-4-27-8)12(21)18-10-13(22)20-11(15(23)24)7(5-28-16(17)25)6-29-14(10)20;/h2-4,10,14H,5-6H2,1H3,(H2,17,25)(H,18,21)(H,23,24);/q;+1/p-1/b19-9-;/t10-,14+;/m1./s1. The van der Waals surface area contributed by atoms with E-state index in [9.17, 15) is 24.3 Å². The van der Waals surface area contributed by atoms with Crippen LogP contribution in [0.1, 0.15) is 5.76 Å². The Morgan fingerprint density at radius 2 is 2.20 bits per heavy atom. The van der Waals surface area contributed by atoms with E-state index in [1.54, 1.807) is 6.07 Å². The van der Waals surface area contributed by atoms with E-state index in [4.69, 9.17) is 10.2 Å². The van der Waals surface area contributed by atoms with Gasteiger partial charge in [-0.25, -0.2) is 4.79 Å². The van der Waals surface area contributed by atoms with Crippen molar-refractivity contribution in [3.05, 3.63) is 35.4 Å². The molecule has 14 heteroatoms. The number of aliphatic carboxylic acids is 1. The average Bonchev–Trinajstić information content (AvgIpc) is 3.21. The molecule has 3 amide bonds. The van der Waals surface area contributed by atoms with Gasteiger partial charge in [-0.2, -0.15) is 0 Å². The Balaban J connectivity index is 0.00000320. The fourth-order valence-electron chi connectivity index (χ4n) is 2.85. The number of carboxylic acid groups (broad SMARTS) is 1. The van der Waals surface area contributed by atoms with Gasteiger partial charge in [0, 0.05) is 11.3 Å². The smallest absolute Gasteiger partial charge is 0.543 e. The number of ether oxygens (including phenoxy) is 1. The normalized spacial score (nSPS) is 20.5. The molecule has 0 bridgehead atoms. The van der Waals surface area contributed by atoms with Gasteiger partial charge in [-0.3, -0.25) is 14.5 Å². The molecule has 12 nitrogen and oxygen atoms in total. The van der Waals surface area contributed by atoms with Crippen LogP contribution in [0.15, 0.2) is 39.2 Å². The molecule has 1 fully saturated rings. The molecular formula is C16H15LiN4O8S. The van der Waals surface area contributed by atoms with Crippen LogP contribution in [0.3, 0.4) is 0 Å². The molecule has 0 saturated carbocycles. The van der Waals surface area contributed by atoms with Gasteiger partial charge >= 0.3 is 25.0 Å². The number of thioether (sulfide) groups is 1. The number of carbonyl (C=O) groups excluding carboxylic acids is 4. The van der Waals surface area contributed by atoms with E-state index in [2.05, 4.69) is 20.0 Å². The Bertz CT molecular complexity index is 916. The molecule has 0 spiro atoms. The summed E-state index contributed by atoms with van der Waals surface area (Å²) in [6.07, 6.45) is 0.262. The van der Waals surface area contributed by atoms with Gasteiger partial charge in [-0.05, 0) is 12.1 Å². The summed E-state index contributed by atoms with van der Waals surface area (Å²) in [7, 11) is 1.25. The number of nitrogens with one attached hydrogen (secondary N) is 1. The van der Waals surface area contributed by atoms with E-state index in [0.717, 1.165) is 4.90 Å². The number of hydrogen-bond donors (Lipinski definition) is 2. The van der Waals surface area contributed by atoms with Crippen molar-refractivity contribution in [2.24, 2.45) is 10.9 Å². The van der Waals surface area contributed by atoms with Gasteiger partial charge < -0.3 is 34.9 Å². The SMILES string of the molecule is CO/N=C(\C(=O)N[C@@H]1C(=O)N2C(C(=O)[O-])=C(COC(N)=O)CS[C@@H]12)c1ccco1.[Li+]. The molecule has 3 heterocycles. The second-order valence-corrected chi connectivity index (χ2v) is 6.91. The molecule has 1 saturated heterocycles. The summed E-state index contributed by atoms with van der Waals surface area (Å²) in [4.78, 5) is 53.0. The van der Waals surface area contributed by atoms with Crippen molar-refractivity contribution < 1.29 is 57.1 Å². The first-order valence-electron chi connectivity index (χ1n) is 8.11. The Labute approximate surface area is 185 Å². The Kier molecular flexibility index (Phi) is 7.60. The minimum Gasteiger partial charge on any atom is -0.543 e.